The van der Waals surface area contributed by atoms with Crippen molar-refractivity contribution < 1.29 is 9.14 Å². The average molecular weight is 271 g/mol. The summed E-state index contributed by atoms with van der Waals surface area (Å²) in [6, 6.07) is 10.2. The molecule has 96 valence electrons. The van der Waals surface area contributed by atoms with Crippen LogP contribution in [0.25, 0.3) is 16.2 Å². The number of nitrogens with zero attached hydrogens (tertiary/aromatic N) is 2. The van der Waals surface area contributed by atoms with Crippen LogP contribution in [-0.2, 0) is 0 Å². The Kier molecular flexibility index (Phi) is 2.95. The maximum absolute atomic E-state index is 5.20. The minimum Gasteiger partial charge on any atom is -0.497 e. The molecule has 0 atom stereocenters. The van der Waals surface area contributed by atoms with E-state index in [9.17, 15) is 0 Å². The molecule has 0 fully saturated rings. The van der Waals surface area contributed by atoms with Gasteiger partial charge in [0.05, 0.1) is 7.11 Å². The van der Waals surface area contributed by atoms with Crippen molar-refractivity contribution in [1.82, 2.24) is 4.98 Å². The molecule has 1 aromatic carbocycles. The van der Waals surface area contributed by atoms with Gasteiger partial charge in [-0.1, -0.05) is 0 Å². The van der Waals surface area contributed by atoms with Gasteiger partial charge in [-0.05, 0) is 47.5 Å². The molecule has 0 aliphatic rings. The van der Waals surface area contributed by atoms with Gasteiger partial charge in [-0.25, -0.2) is 0 Å². The quantitative estimate of drug-likeness (QED) is 0.669. The van der Waals surface area contributed by atoms with Crippen LogP contribution in [-0.4, -0.2) is 12.1 Å². The van der Waals surface area contributed by atoms with Crippen molar-refractivity contribution in [2.75, 3.05) is 7.11 Å². The predicted molar refractivity (Wildman–Crippen MR) is 76.7 cm³/mol. The van der Waals surface area contributed by atoms with Crippen LogP contribution in [0.1, 0.15) is 11.4 Å². The molecular formula is C15H15N2OS+. The number of hydrogen-bond donors (Lipinski definition) is 0. The topological polar surface area (TPSA) is 26.2 Å². The number of aromatic nitrogens is 2. The van der Waals surface area contributed by atoms with E-state index in [1.807, 2.05) is 19.1 Å². The van der Waals surface area contributed by atoms with Gasteiger partial charge in [-0.3, -0.25) is 0 Å². The Balaban J connectivity index is 2.19. The van der Waals surface area contributed by atoms with E-state index < -0.39 is 0 Å². The summed E-state index contributed by atoms with van der Waals surface area (Å²) in [5, 5.41) is 2.15. The molecule has 3 rings (SSSR count). The van der Waals surface area contributed by atoms with E-state index in [0.717, 1.165) is 16.4 Å². The molecule has 4 heteroatoms. The maximum Gasteiger partial charge on any atom is 0.387 e. The smallest absolute Gasteiger partial charge is 0.387 e. The van der Waals surface area contributed by atoms with E-state index in [4.69, 9.17) is 4.74 Å². The first-order chi connectivity index (χ1) is 9.19. The molecule has 0 saturated carbocycles. The zero-order valence-electron chi connectivity index (χ0n) is 11.2. The van der Waals surface area contributed by atoms with Gasteiger partial charge in [-0.2, -0.15) is 4.40 Å². The van der Waals surface area contributed by atoms with Gasteiger partial charge in [0.2, 0.25) is 0 Å². The zero-order valence-corrected chi connectivity index (χ0v) is 12.0. The summed E-state index contributed by atoms with van der Waals surface area (Å²) in [5.74, 6) is 0.874. The summed E-state index contributed by atoms with van der Waals surface area (Å²) in [6.07, 6.45) is 0. The lowest BCUT2D eigenvalue weighted by atomic mass is 10.1. The van der Waals surface area contributed by atoms with Gasteiger partial charge in [0.1, 0.15) is 11.4 Å². The molecule has 0 aliphatic heterocycles. The molecule has 0 radical (unpaired) electrons. The van der Waals surface area contributed by atoms with Gasteiger partial charge < -0.3 is 4.74 Å². The highest BCUT2D eigenvalue weighted by Gasteiger charge is 2.17. The number of ether oxygens (including phenoxy) is 1. The Labute approximate surface area is 116 Å². The van der Waals surface area contributed by atoms with E-state index in [1.165, 1.54) is 17.0 Å². The molecule has 0 saturated heterocycles. The Hall–Kier alpha value is -1.94. The lowest BCUT2D eigenvalue weighted by molar-refractivity contribution is -0.505. The van der Waals surface area contributed by atoms with Crippen molar-refractivity contribution in [1.29, 1.82) is 0 Å². The lowest BCUT2D eigenvalue weighted by Crippen LogP contribution is -2.26. The second-order valence-corrected chi connectivity index (χ2v) is 5.34. The van der Waals surface area contributed by atoms with Crippen molar-refractivity contribution in [3.63, 3.8) is 0 Å². The Morgan fingerprint density at radius 2 is 1.89 bits per heavy atom. The van der Waals surface area contributed by atoms with Gasteiger partial charge >= 0.3 is 4.96 Å². The molecule has 2 aromatic heterocycles. The monoisotopic (exact) mass is 271 g/mol. The third-order valence-electron chi connectivity index (χ3n) is 3.14. The maximum atomic E-state index is 5.20. The molecule has 0 amide bonds. The average Bonchev–Trinajstić information content (AvgIpc) is 2.83. The summed E-state index contributed by atoms with van der Waals surface area (Å²) in [7, 11) is 1.68. The van der Waals surface area contributed by atoms with E-state index in [1.54, 1.807) is 18.4 Å². The van der Waals surface area contributed by atoms with Gasteiger partial charge in [0.25, 0.3) is 0 Å². The summed E-state index contributed by atoms with van der Waals surface area (Å²) in [4.78, 5) is 5.60. The van der Waals surface area contributed by atoms with Crippen LogP contribution in [0, 0.1) is 13.8 Å². The largest absolute Gasteiger partial charge is 0.497 e. The predicted octanol–water partition coefficient (Wildman–Crippen LogP) is 3.17. The minimum absolute atomic E-state index is 0.874. The van der Waals surface area contributed by atoms with Crippen LogP contribution in [0.3, 0.4) is 0 Å². The van der Waals surface area contributed by atoms with E-state index in [2.05, 4.69) is 39.9 Å². The Bertz CT molecular complexity index is 732. The van der Waals surface area contributed by atoms with Gasteiger partial charge in [0.15, 0.2) is 11.4 Å². The number of thiazole rings is 1. The fourth-order valence-corrected chi connectivity index (χ4v) is 3.25. The van der Waals surface area contributed by atoms with Crippen LogP contribution in [0.2, 0.25) is 0 Å². The molecule has 0 bridgehead atoms. The number of rotatable bonds is 2. The van der Waals surface area contributed by atoms with Crippen molar-refractivity contribution >= 4 is 16.3 Å². The summed E-state index contributed by atoms with van der Waals surface area (Å²) >= 11 is 1.67. The van der Waals surface area contributed by atoms with Crippen molar-refractivity contribution in [3.8, 4) is 17.0 Å². The first-order valence-electron chi connectivity index (χ1n) is 6.11. The summed E-state index contributed by atoms with van der Waals surface area (Å²) < 4.78 is 7.39. The normalized spacial score (nSPS) is 10.9. The molecule has 19 heavy (non-hydrogen) atoms. The highest BCUT2D eigenvalue weighted by atomic mass is 32.1. The third kappa shape index (κ3) is 2.08. The second kappa shape index (κ2) is 4.63. The summed E-state index contributed by atoms with van der Waals surface area (Å²) in [5.41, 5.74) is 4.61. The Morgan fingerprint density at radius 1 is 1.16 bits per heavy atom. The number of aryl methyl sites for hydroxylation is 2. The molecule has 0 spiro atoms. The molecule has 0 aliphatic carbocycles. The Morgan fingerprint density at radius 3 is 2.58 bits per heavy atom. The molecule has 3 nitrogen and oxygen atoms in total. The van der Waals surface area contributed by atoms with Crippen LogP contribution >= 0.6 is 11.3 Å². The van der Waals surface area contributed by atoms with Gasteiger partial charge in [0, 0.05) is 23.9 Å². The number of methoxy groups -OCH3 is 1. The van der Waals surface area contributed by atoms with E-state index in [-0.39, 0.29) is 0 Å². The SMILES string of the molecule is COc1ccc(-c2csc3nc(C)cc(C)[n+]23)cc1. The fraction of sp³-hybridized carbons (Fsp3) is 0.200. The summed E-state index contributed by atoms with van der Waals surface area (Å²) in [6.45, 7) is 4.14. The third-order valence-corrected chi connectivity index (χ3v) is 3.96. The first kappa shape index (κ1) is 12.1. The minimum atomic E-state index is 0.874. The highest BCUT2D eigenvalue weighted by Crippen LogP contribution is 2.23. The number of benzene rings is 1. The molecule has 3 aromatic rings. The van der Waals surface area contributed by atoms with Crippen LogP contribution in [0.5, 0.6) is 5.75 Å². The molecule has 2 heterocycles. The lowest BCUT2D eigenvalue weighted by Gasteiger charge is -2.02. The van der Waals surface area contributed by atoms with Gasteiger partial charge in [-0.15, -0.1) is 0 Å². The fourth-order valence-electron chi connectivity index (χ4n) is 2.24. The van der Waals surface area contributed by atoms with Crippen molar-refractivity contribution in [2.45, 2.75) is 13.8 Å². The van der Waals surface area contributed by atoms with E-state index in [0.29, 0.717) is 0 Å². The van der Waals surface area contributed by atoms with Crippen LogP contribution < -0.4 is 9.14 Å². The van der Waals surface area contributed by atoms with Crippen molar-refractivity contribution in [3.05, 3.63) is 47.1 Å². The zero-order chi connectivity index (χ0) is 13.4. The molecule has 0 N–H and O–H groups in total. The highest BCUT2D eigenvalue weighted by molar-refractivity contribution is 7.14. The standard InChI is InChI=1S/C15H15N2OS/c1-10-8-11(2)17-14(9-19-15(17)16-10)12-4-6-13(18-3)7-5-12/h4-9H,1-3H3/q+1. The second-order valence-electron chi connectivity index (χ2n) is 4.51. The first-order valence-corrected chi connectivity index (χ1v) is 6.99. The van der Waals surface area contributed by atoms with Crippen LogP contribution in [0.4, 0.5) is 0 Å². The van der Waals surface area contributed by atoms with Crippen molar-refractivity contribution in [2.24, 2.45) is 0 Å². The molecular weight excluding hydrogens is 256 g/mol. The van der Waals surface area contributed by atoms with Crippen LogP contribution in [0.15, 0.2) is 35.7 Å². The number of hydrogen-bond acceptors (Lipinski definition) is 3. The molecule has 0 unspecified atom stereocenters. The van der Waals surface area contributed by atoms with E-state index >= 15 is 0 Å². The number of fused-ring (bicyclic) bond motifs is 1.